The fraction of sp³-hybridized carbons (Fsp3) is 0.300. The highest BCUT2D eigenvalue weighted by Gasteiger charge is 2.25. The van der Waals surface area contributed by atoms with Gasteiger partial charge in [0.05, 0.1) is 24.0 Å². The number of carbonyl (C=O) groups is 1. The summed E-state index contributed by atoms with van der Waals surface area (Å²) in [6.45, 7) is 4.18. The number of amides is 1. The first-order valence-corrected chi connectivity index (χ1v) is 9.09. The molecule has 5 rings (SSSR count). The van der Waals surface area contributed by atoms with E-state index in [0.717, 1.165) is 53.4 Å². The lowest BCUT2D eigenvalue weighted by Gasteiger charge is -2.30. The largest absolute Gasteiger partial charge is 0.352 e. The van der Waals surface area contributed by atoms with Crippen molar-refractivity contribution in [2.45, 2.75) is 26.4 Å². The Bertz CT molecular complexity index is 1070. The average molecular weight is 360 g/mol. The van der Waals surface area contributed by atoms with Crippen LogP contribution in [0.2, 0.25) is 0 Å². The van der Waals surface area contributed by atoms with E-state index in [4.69, 9.17) is 4.98 Å². The van der Waals surface area contributed by atoms with Crippen LogP contribution in [0, 0.1) is 6.92 Å². The molecule has 0 aromatic carbocycles. The van der Waals surface area contributed by atoms with Gasteiger partial charge in [0.15, 0.2) is 0 Å². The smallest absolute Gasteiger partial charge is 0.253 e. The van der Waals surface area contributed by atoms with Gasteiger partial charge in [-0.25, -0.2) is 4.98 Å². The maximum atomic E-state index is 11.9. The lowest BCUT2D eigenvalue weighted by molar-refractivity contribution is 0.0965. The lowest BCUT2D eigenvalue weighted by Crippen LogP contribution is -2.32. The molecule has 1 amide bonds. The predicted molar refractivity (Wildman–Crippen MR) is 101 cm³/mol. The van der Waals surface area contributed by atoms with E-state index in [1.165, 1.54) is 5.56 Å². The molecule has 2 aliphatic rings. The second kappa shape index (κ2) is 5.90. The number of anilines is 1. The van der Waals surface area contributed by atoms with E-state index < -0.39 is 0 Å². The highest BCUT2D eigenvalue weighted by Crippen LogP contribution is 2.29. The van der Waals surface area contributed by atoms with Crippen molar-refractivity contribution in [1.82, 2.24) is 25.1 Å². The van der Waals surface area contributed by atoms with E-state index in [9.17, 15) is 4.79 Å². The maximum Gasteiger partial charge on any atom is 0.253 e. The second-order valence-electron chi connectivity index (χ2n) is 7.21. The normalized spacial score (nSPS) is 15.5. The van der Waals surface area contributed by atoms with Gasteiger partial charge in [0, 0.05) is 55.8 Å². The Balaban J connectivity index is 1.48. The summed E-state index contributed by atoms with van der Waals surface area (Å²) < 4.78 is 1.80. The summed E-state index contributed by atoms with van der Waals surface area (Å²) in [7, 11) is 1.92. The average Bonchev–Trinajstić information content (AvgIpc) is 3.26. The topological polar surface area (TPSA) is 75.9 Å². The Labute approximate surface area is 157 Å². The molecule has 0 spiro atoms. The van der Waals surface area contributed by atoms with Crippen LogP contribution in [-0.2, 0) is 26.6 Å². The van der Waals surface area contributed by atoms with Gasteiger partial charge < -0.3 is 10.2 Å². The summed E-state index contributed by atoms with van der Waals surface area (Å²) in [5, 5.41) is 7.10. The molecule has 3 aromatic rings. The zero-order valence-electron chi connectivity index (χ0n) is 15.4. The minimum atomic E-state index is -0.0264. The van der Waals surface area contributed by atoms with Crippen LogP contribution in [-0.4, -0.2) is 32.2 Å². The van der Waals surface area contributed by atoms with E-state index in [1.807, 2.05) is 38.6 Å². The molecule has 0 unspecified atom stereocenters. The molecular formula is C20H20N6O. The standard InChI is InChI=1S/C20H20N6O/c1-12-5-16-18(9-22-20(16)27)24-19(12)26-4-3-17-14(11-26)6-13(7-21-17)15-8-23-25(2)10-15/h5-8,10H,3-4,9,11H2,1-2H3,(H,22,27). The Hall–Kier alpha value is -3.22. The first-order chi connectivity index (χ1) is 13.1. The number of aromatic nitrogens is 4. The molecule has 0 atom stereocenters. The zero-order chi connectivity index (χ0) is 18.5. The van der Waals surface area contributed by atoms with E-state index >= 15 is 0 Å². The minimum Gasteiger partial charge on any atom is -0.352 e. The number of pyridine rings is 2. The monoisotopic (exact) mass is 360 g/mol. The molecule has 7 heteroatoms. The van der Waals surface area contributed by atoms with Crippen molar-refractivity contribution in [3.8, 4) is 11.1 Å². The first kappa shape index (κ1) is 16.0. The van der Waals surface area contributed by atoms with Crippen LogP contribution < -0.4 is 10.2 Å². The van der Waals surface area contributed by atoms with Crippen LogP contribution >= 0.6 is 0 Å². The van der Waals surface area contributed by atoms with E-state index in [1.54, 1.807) is 4.68 Å². The number of hydrogen-bond acceptors (Lipinski definition) is 5. The molecule has 1 N–H and O–H groups in total. The number of nitrogens with zero attached hydrogens (tertiary/aromatic N) is 5. The van der Waals surface area contributed by atoms with Gasteiger partial charge in [0.1, 0.15) is 5.82 Å². The van der Waals surface area contributed by atoms with Crippen LogP contribution in [0.25, 0.3) is 11.1 Å². The summed E-state index contributed by atoms with van der Waals surface area (Å²) in [6.07, 6.45) is 6.68. The fourth-order valence-corrected chi connectivity index (χ4v) is 3.89. The molecule has 0 bridgehead atoms. The molecule has 0 saturated carbocycles. The summed E-state index contributed by atoms with van der Waals surface area (Å²) in [5.41, 5.74) is 7.10. The highest BCUT2D eigenvalue weighted by atomic mass is 16.1. The van der Waals surface area contributed by atoms with Crippen LogP contribution in [0.1, 0.15) is 32.9 Å². The summed E-state index contributed by atoms with van der Waals surface area (Å²) in [5.74, 6) is 0.934. The molecule has 2 aliphatic heterocycles. The molecule has 3 aromatic heterocycles. The molecule has 27 heavy (non-hydrogen) atoms. The number of nitrogens with one attached hydrogen (secondary N) is 1. The number of carbonyl (C=O) groups excluding carboxylic acids is 1. The molecular weight excluding hydrogens is 340 g/mol. The summed E-state index contributed by atoms with van der Waals surface area (Å²) in [6, 6.07) is 4.17. The molecule has 7 nitrogen and oxygen atoms in total. The van der Waals surface area contributed by atoms with Crippen LogP contribution in [0.3, 0.4) is 0 Å². The molecule has 5 heterocycles. The van der Waals surface area contributed by atoms with Crippen molar-refractivity contribution in [2.75, 3.05) is 11.4 Å². The number of hydrogen-bond donors (Lipinski definition) is 1. The number of fused-ring (bicyclic) bond motifs is 2. The predicted octanol–water partition coefficient (Wildman–Crippen LogP) is 1.99. The van der Waals surface area contributed by atoms with E-state index in [-0.39, 0.29) is 5.91 Å². The van der Waals surface area contributed by atoms with Gasteiger partial charge in [-0.2, -0.15) is 5.10 Å². The third-order valence-corrected chi connectivity index (χ3v) is 5.30. The van der Waals surface area contributed by atoms with Gasteiger partial charge >= 0.3 is 0 Å². The Morgan fingerprint density at radius 3 is 2.85 bits per heavy atom. The number of rotatable bonds is 2. The molecule has 0 fully saturated rings. The molecule has 0 radical (unpaired) electrons. The zero-order valence-corrected chi connectivity index (χ0v) is 15.4. The van der Waals surface area contributed by atoms with Crippen molar-refractivity contribution in [1.29, 1.82) is 0 Å². The third-order valence-electron chi connectivity index (χ3n) is 5.30. The highest BCUT2D eigenvalue weighted by molar-refractivity contribution is 5.98. The second-order valence-corrected chi connectivity index (χ2v) is 7.21. The van der Waals surface area contributed by atoms with Gasteiger partial charge in [-0.1, -0.05) is 0 Å². The molecule has 136 valence electrons. The van der Waals surface area contributed by atoms with Crippen LogP contribution in [0.4, 0.5) is 5.82 Å². The van der Waals surface area contributed by atoms with Gasteiger partial charge in [-0.3, -0.25) is 14.5 Å². The molecule has 0 saturated heterocycles. The SMILES string of the molecule is Cc1cc2c(nc1N1CCc3ncc(-c4cnn(C)c4)cc3C1)CNC2=O. The summed E-state index contributed by atoms with van der Waals surface area (Å²) >= 11 is 0. The Morgan fingerprint density at radius 2 is 2.04 bits per heavy atom. The van der Waals surface area contributed by atoms with Gasteiger partial charge in [0.25, 0.3) is 5.91 Å². The van der Waals surface area contributed by atoms with Crippen LogP contribution in [0.15, 0.2) is 30.7 Å². The summed E-state index contributed by atoms with van der Waals surface area (Å²) in [4.78, 5) is 23.6. The van der Waals surface area contributed by atoms with E-state index in [2.05, 4.69) is 26.4 Å². The van der Waals surface area contributed by atoms with Crippen molar-refractivity contribution < 1.29 is 4.79 Å². The quantitative estimate of drug-likeness (QED) is 0.756. The maximum absolute atomic E-state index is 11.9. The number of aryl methyl sites for hydroxylation is 2. The van der Waals surface area contributed by atoms with Crippen molar-refractivity contribution >= 4 is 11.7 Å². The van der Waals surface area contributed by atoms with Gasteiger partial charge in [-0.15, -0.1) is 0 Å². The van der Waals surface area contributed by atoms with Gasteiger partial charge in [-0.05, 0) is 30.2 Å². The Morgan fingerprint density at radius 1 is 1.15 bits per heavy atom. The fourth-order valence-electron chi connectivity index (χ4n) is 3.89. The molecule has 0 aliphatic carbocycles. The third kappa shape index (κ3) is 2.66. The van der Waals surface area contributed by atoms with Crippen molar-refractivity contribution in [3.05, 3.63) is 58.8 Å². The van der Waals surface area contributed by atoms with Crippen molar-refractivity contribution in [2.24, 2.45) is 7.05 Å². The van der Waals surface area contributed by atoms with Crippen LogP contribution in [0.5, 0.6) is 0 Å². The Kier molecular flexibility index (Phi) is 3.50. The van der Waals surface area contributed by atoms with E-state index in [0.29, 0.717) is 12.1 Å². The first-order valence-electron chi connectivity index (χ1n) is 9.09. The van der Waals surface area contributed by atoms with Crippen molar-refractivity contribution in [3.63, 3.8) is 0 Å². The minimum absolute atomic E-state index is 0.0264. The van der Waals surface area contributed by atoms with Gasteiger partial charge in [0.2, 0.25) is 0 Å². The lowest BCUT2D eigenvalue weighted by atomic mass is 10.0.